The molecule has 0 atom stereocenters. The standard InChI is InChI=1S/C15H24N2O3S/c1-2-14-16-12(11-21-14)10-15(19)17-6-4-13(5-7-17)20-9-3-8-18/h11,13,18H,2-10H2,1H3. The molecule has 21 heavy (non-hydrogen) atoms. The zero-order valence-electron chi connectivity index (χ0n) is 12.6. The fourth-order valence-electron chi connectivity index (χ4n) is 2.45. The Hall–Kier alpha value is -0.980. The van der Waals surface area contributed by atoms with Crippen LogP contribution in [0.4, 0.5) is 0 Å². The molecule has 1 aromatic rings. The maximum absolute atomic E-state index is 12.2. The van der Waals surface area contributed by atoms with E-state index in [-0.39, 0.29) is 18.6 Å². The van der Waals surface area contributed by atoms with Crippen molar-refractivity contribution in [1.29, 1.82) is 0 Å². The Balaban J connectivity index is 1.72. The lowest BCUT2D eigenvalue weighted by Gasteiger charge is -2.31. The summed E-state index contributed by atoms with van der Waals surface area (Å²) in [7, 11) is 0. The molecule has 2 heterocycles. The van der Waals surface area contributed by atoms with Crippen LogP contribution in [-0.4, -0.2) is 53.3 Å². The number of aliphatic hydroxyl groups is 1. The summed E-state index contributed by atoms with van der Waals surface area (Å²) >= 11 is 1.63. The number of rotatable bonds is 7. The van der Waals surface area contributed by atoms with Crippen molar-refractivity contribution < 1.29 is 14.6 Å². The number of aromatic nitrogens is 1. The summed E-state index contributed by atoms with van der Waals surface area (Å²) in [5.74, 6) is 0.164. The van der Waals surface area contributed by atoms with Crippen LogP contribution in [-0.2, 0) is 22.4 Å². The maximum Gasteiger partial charge on any atom is 0.228 e. The quantitative estimate of drug-likeness (QED) is 0.778. The highest BCUT2D eigenvalue weighted by Gasteiger charge is 2.23. The molecule has 0 aliphatic carbocycles. The lowest BCUT2D eigenvalue weighted by Crippen LogP contribution is -2.41. The highest BCUT2D eigenvalue weighted by Crippen LogP contribution is 2.16. The average Bonchev–Trinajstić information content (AvgIpc) is 2.96. The number of carbonyl (C=O) groups excluding carboxylic acids is 1. The number of hydrogen-bond acceptors (Lipinski definition) is 5. The topological polar surface area (TPSA) is 62.7 Å². The van der Waals surface area contributed by atoms with Gasteiger partial charge in [0.1, 0.15) is 0 Å². The third-order valence-electron chi connectivity index (χ3n) is 3.68. The Morgan fingerprint density at radius 2 is 2.29 bits per heavy atom. The zero-order valence-corrected chi connectivity index (χ0v) is 13.4. The summed E-state index contributed by atoms with van der Waals surface area (Å²) in [4.78, 5) is 18.6. The van der Waals surface area contributed by atoms with Gasteiger partial charge in [-0.2, -0.15) is 0 Å². The Bertz CT molecular complexity index is 442. The SMILES string of the molecule is CCc1nc(CC(=O)N2CCC(OCCCO)CC2)cs1. The fourth-order valence-corrected chi connectivity index (χ4v) is 3.19. The van der Waals surface area contributed by atoms with Crippen molar-refractivity contribution in [2.75, 3.05) is 26.3 Å². The van der Waals surface area contributed by atoms with Gasteiger partial charge < -0.3 is 14.7 Å². The molecule has 1 aliphatic rings. The summed E-state index contributed by atoms with van der Waals surface area (Å²) < 4.78 is 5.68. The molecule has 0 spiro atoms. The zero-order chi connectivity index (χ0) is 15.1. The van der Waals surface area contributed by atoms with Crippen molar-refractivity contribution in [3.8, 4) is 0 Å². The normalized spacial score (nSPS) is 16.4. The van der Waals surface area contributed by atoms with Gasteiger partial charge in [0, 0.05) is 31.7 Å². The molecule has 0 saturated carbocycles. The first kappa shape index (κ1) is 16.4. The van der Waals surface area contributed by atoms with E-state index in [1.807, 2.05) is 10.3 Å². The van der Waals surface area contributed by atoms with Gasteiger partial charge in [-0.25, -0.2) is 4.98 Å². The van der Waals surface area contributed by atoms with Crippen LogP contribution in [0.15, 0.2) is 5.38 Å². The molecule has 1 saturated heterocycles. The second-order valence-corrected chi connectivity index (χ2v) is 6.23. The van der Waals surface area contributed by atoms with Gasteiger partial charge >= 0.3 is 0 Å². The van der Waals surface area contributed by atoms with Crippen LogP contribution in [0.1, 0.15) is 36.9 Å². The molecule has 1 fully saturated rings. The predicted molar refractivity (Wildman–Crippen MR) is 82.5 cm³/mol. The van der Waals surface area contributed by atoms with E-state index in [0.29, 0.717) is 19.4 Å². The number of carbonyl (C=O) groups is 1. The highest BCUT2D eigenvalue weighted by atomic mass is 32.1. The molecule has 1 aromatic heterocycles. The van der Waals surface area contributed by atoms with Gasteiger partial charge in [0.15, 0.2) is 0 Å². The molecule has 1 aliphatic heterocycles. The number of aryl methyl sites for hydroxylation is 1. The lowest BCUT2D eigenvalue weighted by atomic mass is 10.1. The summed E-state index contributed by atoms with van der Waals surface area (Å²) in [5, 5.41) is 11.8. The molecule has 0 bridgehead atoms. The molecule has 2 rings (SSSR count). The van der Waals surface area contributed by atoms with Crippen LogP contribution < -0.4 is 0 Å². The smallest absolute Gasteiger partial charge is 0.228 e. The van der Waals surface area contributed by atoms with E-state index in [1.165, 1.54) is 0 Å². The van der Waals surface area contributed by atoms with Gasteiger partial charge in [0.05, 0.1) is 23.2 Å². The Kier molecular flexibility index (Phi) is 6.60. The molecular formula is C15H24N2O3S. The molecule has 0 unspecified atom stereocenters. The molecule has 118 valence electrons. The number of nitrogens with zero attached hydrogens (tertiary/aromatic N) is 2. The van der Waals surface area contributed by atoms with Crippen molar-refractivity contribution in [1.82, 2.24) is 9.88 Å². The van der Waals surface area contributed by atoms with Gasteiger partial charge in [0.25, 0.3) is 0 Å². The number of thiazole rings is 1. The Morgan fingerprint density at radius 3 is 2.90 bits per heavy atom. The minimum atomic E-state index is 0.164. The van der Waals surface area contributed by atoms with Gasteiger partial charge in [-0.1, -0.05) is 6.92 Å². The van der Waals surface area contributed by atoms with Gasteiger partial charge in [-0.05, 0) is 25.7 Å². The van der Waals surface area contributed by atoms with Crippen LogP contribution in [0.3, 0.4) is 0 Å². The Morgan fingerprint density at radius 1 is 1.52 bits per heavy atom. The van der Waals surface area contributed by atoms with Crippen LogP contribution in [0.25, 0.3) is 0 Å². The van der Waals surface area contributed by atoms with E-state index >= 15 is 0 Å². The van der Waals surface area contributed by atoms with E-state index in [2.05, 4.69) is 11.9 Å². The van der Waals surface area contributed by atoms with Crippen LogP contribution in [0.2, 0.25) is 0 Å². The van der Waals surface area contributed by atoms with Gasteiger partial charge in [-0.15, -0.1) is 11.3 Å². The monoisotopic (exact) mass is 312 g/mol. The number of piperidine rings is 1. The first-order chi connectivity index (χ1) is 10.2. The molecule has 0 aromatic carbocycles. The van der Waals surface area contributed by atoms with Crippen molar-refractivity contribution in [2.45, 2.75) is 45.1 Å². The van der Waals surface area contributed by atoms with Crippen molar-refractivity contribution in [3.63, 3.8) is 0 Å². The summed E-state index contributed by atoms with van der Waals surface area (Å²) in [6, 6.07) is 0. The predicted octanol–water partition coefficient (Wildman–Crippen LogP) is 1.64. The molecular weight excluding hydrogens is 288 g/mol. The van der Waals surface area contributed by atoms with E-state index in [9.17, 15) is 4.79 Å². The second kappa shape index (κ2) is 8.46. The van der Waals surface area contributed by atoms with Crippen LogP contribution in [0.5, 0.6) is 0 Å². The molecule has 1 amide bonds. The minimum Gasteiger partial charge on any atom is -0.396 e. The average molecular weight is 312 g/mol. The van der Waals surface area contributed by atoms with Crippen LogP contribution in [0, 0.1) is 0 Å². The summed E-state index contributed by atoms with van der Waals surface area (Å²) in [6.45, 7) is 4.37. The molecule has 0 radical (unpaired) electrons. The number of likely N-dealkylation sites (tertiary alicyclic amines) is 1. The first-order valence-corrected chi connectivity index (χ1v) is 8.54. The third kappa shape index (κ3) is 5.05. The van der Waals surface area contributed by atoms with Crippen molar-refractivity contribution in [2.24, 2.45) is 0 Å². The summed E-state index contributed by atoms with van der Waals surface area (Å²) in [5.41, 5.74) is 0.892. The highest BCUT2D eigenvalue weighted by molar-refractivity contribution is 7.09. The number of hydrogen-bond donors (Lipinski definition) is 1. The van der Waals surface area contributed by atoms with Gasteiger partial charge in [0.2, 0.25) is 5.91 Å². The van der Waals surface area contributed by atoms with Gasteiger partial charge in [-0.3, -0.25) is 4.79 Å². The molecule has 5 nitrogen and oxygen atoms in total. The second-order valence-electron chi connectivity index (χ2n) is 5.29. The Labute approximate surface area is 129 Å². The molecule has 6 heteroatoms. The number of aliphatic hydroxyl groups excluding tert-OH is 1. The third-order valence-corrected chi connectivity index (χ3v) is 4.73. The first-order valence-electron chi connectivity index (χ1n) is 7.66. The minimum absolute atomic E-state index is 0.164. The number of amides is 1. The maximum atomic E-state index is 12.2. The molecule has 1 N–H and O–H groups in total. The van der Waals surface area contributed by atoms with Crippen LogP contribution >= 0.6 is 11.3 Å². The van der Waals surface area contributed by atoms with E-state index in [4.69, 9.17) is 9.84 Å². The lowest BCUT2D eigenvalue weighted by molar-refractivity contribution is -0.133. The summed E-state index contributed by atoms with van der Waals surface area (Å²) in [6.07, 6.45) is 4.01. The van der Waals surface area contributed by atoms with Crippen molar-refractivity contribution >= 4 is 17.2 Å². The largest absolute Gasteiger partial charge is 0.396 e. The van der Waals surface area contributed by atoms with E-state index in [0.717, 1.165) is 43.1 Å². The van der Waals surface area contributed by atoms with E-state index in [1.54, 1.807) is 11.3 Å². The fraction of sp³-hybridized carbons (Fsp3) is 0.733. The van der Waals surface area contributed by atoms with E-state index < -0.39 is 0 Å². The van der Waals surface area contributed by atoms with Crippen molar-refractivity contribution in [3.05, 3.63) is 16.1 Å². The number of ether oxygens (including phenoxy) is 1.